The molecule has 0 fully saturated rings. The highest BCUT2D eigenvalue weighted by molar-refractivity contribution is 7.92. The summed E-state index contributed by atoms with van der Waals surface area (Å²) in [6.07, 6.45) is 0. The molecule has 3 aromatic carbocycles. The number of para-hydroxylation sites is 1. The van der Waals surface area contributed by atoms with Crippen LogP contribution < -0.4 is 14.4 Å². The fraction of sp³-hybridized carbons (Fsp3) is 0.185. The Bertz CT molecular complexity index is 1470. The zero-order chi connectivity index (χ0) is 27.3. The normalized spacial score (nSPS) is 13.6. The molecule has 0 amide bonds. The van der Waals surface area contributed by atoms with Crippen LogP contribution in [0.25, 0.3) is 0 Å². The Kier molecular flexibility index (Phi) is 7.99. The third-order valence-electron chi connectivity index (χ3n) is 5.69. The number of anilines is 2. The predicted octanol–water partition coefficient (Wildman–Crippen LogP) is 3.98. The molecule has 1 aliphatic rings. The number of hydrogen-bond donors (Lipinski definition) is 1. The molecule has 38 heavy (non-hydrogen) atoms. The molecule has 0 saturated carbocycles. The number of nitrogens with zero attached hydrogens (tertiary/aromatic N) is 1. The third-order valence-corrected chi connectivity index (χ3v) is 7.21. The minimum absolute atomic E-state index is 0.0194. The molecule has 10 nitrogen and oxygen atoms in total. The Hall–Kier alpha value is -4.35. The molecular weight excluding hydrogens is 512 g/mol. The molecule has 11 heteroatoms. The van der Waals surface area contributed by atoms with Crippen molar-refractivity contribution >= 4 is 33.3 Å². The van der Waals surface area contributed by atoms with E-state index in [0.29, 0.717) is 28.4 Å². The molecule has 0 saturated heterocycles. The molecule has 1 heterocycles. The lowest BCUT2D eigenvalue weighted by Crippen LogP contribution is -2.38. The lowest BCUT2D eigenvalue weighted by Gasteiger charge is -2.31. The molecular formula is C27H26N2O8S. The minimum atomic E-state index is -4.04. The Labute approximate surface area is 220 Å². The maximum absolute atomic E-state index is 13.4. The number of benzene rings is 3. The van der Waals surface area contributed by atoms with Crippen LogP contribution in [0.15, 0.2) is 89.0 Å². The first-order valence-electron chi connectivity index (χ1n) is 11.4. The largest absolute Gasteiger partial charge is 0.466 e. The molecule has 1 N–H and O–H groups in total. The van der Waals surface area contributed by atoms with Gasteiger partial charge >= 0.3 is 11.9 Å². The van der Waals surface area contributed by atoms with Crippen LogP contribution in [-0.2, 0) is 33.8 Å². The number of esters is 2. The molecule has 4 rings (SSSR count). The zero-order valence-corrected chi connectivity index (χ0v) is 21.8. The summed E-state index contributed by atoms with van der Waals surface area (Å²) >= 11 is 0. The first-order chi connectivity index (χ1) is 18.2. The van der Waals surface area contributed by atoms with Gasteiger partial charge in [0.1, 0.15) is 23.9 Å². The van der Waals surface area contributed by atoms with Crippen LogP contribution in [0.4, 0.5) is 11.4 Å². The maximum Gasteiger partial charge on any atom is 0.355 e. The summed E-state index contributed by atoms with van der Waals surface area (Å²) in [4.78, 5) is 26.2. The Morgan fingerprint density at radius 2 is 1.55 bits per heavy atom. The summed E-state index contributed by atoms with van der Waals surface area (Å²) in [7, 11) is -1.67. The molecule has 3 aromatic rings. The monoisotopic (exact) mass is 538 g/mol. The molecule has 0 unspecified atom stereocenters. The lowest BCUT2D eigenvalue weighted by atomic mass is 10.1. The van der Waals surface area contributed by atoms with Crippen LogP contribution in [-0.4, -0.2) is 47.9 Å². The van der Waals surface area contributed by atoms with Crippen molar-refractivity contribution in [3.63, 3.8) is 0 Å². The Balaban J connectivity index is 1.62. The van der Waals surface area contributed by atoms with Crippen molar-refractivity contribution in [2.45, 2.75) is 11.8 Å². The minimum Gasteiger partial charge on any atom is -0.466 e. The van der Waals surface area contributed by atoms with Crippen LogP contribution in [0.2, 0.25) is 0 Å². The van der Waals surface area contributed by atoms with Gasteiger partial charge in [0.2, 0.25) is 0 Å². The van der Waals surface area contributed by atoms with E-state index in [1.54, 1.807) is 43.3 Å². The Morgan fingerprint density at radius 1 is 0.895 bits per heavy atom. The third kappa shape index (κ3) is 5.79. The van der Waals surface area contributed by atoms with Gasteiger partial charge in [-0.1, -0.05) is 24.3 Å². The van der Waals surface area contributed by atoms with Gasteiger partial charge in [0.25, 0.3) is 10.0 Å². The van der Waals surface area contributed by atoms with Crippen LogP contribution in [0.5, 0.6) is 11.5 Å². The number of carbonyl (C=O) groups is 2. The summed E-state index contributed by atoms with van der Waals surface area (Å²) < 4.78 is 50.2. The van der Waals surface area contributed by atoms with E-state index in [9.17, 15) is 18.0 Å². The van der Waals surface area contributed by atoms with Crippen molar-refractivity contribution in [1.29, 1.82) is 0 Å². The van der Waals surface area contributed by atoms with Crippen LogP contribution in [0.3, 0.4) is 0 Å². The van der Waals surface area contributed by atoms with E-state index in [1.807, 2.05) is 30.3 Å². The first-order valence-corrected chi connectivity index (χ1v) is 12.9. The van der Waals surface area contributed by atoms with E-state index in [0.717, 1.165) is 0 Å². The van der Waals surface area contributed by atoms with Crippen molar-refractivity contribution < 1.29 is 37.0 Å². The van der Waals surface area contributed by atoms with Crippen molar-refractivity contribution in [3.05, 3.63) is 89.6 Å². The van der Waals surface area contributed by atoms with Gasteiger partial charge in [0, 0.05) is 11.4 Å². The summed E-state index contributed by atoms with van der Waals surface area (Å²) in [6.45, 7) is 1.39. The molecule has 0 radical (unpaired) electrons. The van der Waals surface area contributed by atoms with E-state index >= 15 is 0 Å². The topological polar surface area (TPSA) is 120 Å². The van der Waals surface area contributed by atoms with E-state index in [-0.39, 0.29) is 29.5 Å². The number of hydrogen-bond acceptors (Lipinski definition) is 9. The second kappa shape index (κ2) is 11.4. The van der Waals surface area contributed by atoms with Crippen LogP contribution in [0.1, 0.15) is 5.56 Å². The van der Waals surface area contributed by atoms with E-state index in [2.05, 4.69) is 4.72 Å². The van der Waals surface area contributed by atoms with E-state index in [4.69, 9.17) is 18.9 Å². The lowest BCUT2D eigenvalue weighted by molar-refractivity contribution is -0.140. The first kappa shape index (κ1) is 26.7. The average Bonchev–Trinajstić information content (AvgIpc) is 2.93. The Morgan fingerprint density at radius 3 is 2.21 bits per heavy atom. The number of carbonyl (C=O) groups excluding carboxylic acids is 2. The van der Waals surface area contributed by atoms with Gasteiger partial charge in [0.05, 0.1) is 31.3 Å². The number of rotatable bonds is 8. The molecule has 0 spiro atoms. The second-order valence-corrected chi connectivity index (χ2v) is 9.86. The fourth-order valence-electron chi connectivity index (χ4n) is 3.82. The summed E-state index contributed by atoms with van der Waals surface area (Å²) in [6, 6.07) is 20.3. The number of methoxy groups -OCH3 is 2. The highest BCUT2D eigenvalue weighted by Gasteiger charge is 2.33. The number of sulfonamides is 1. The van der Waals surface area contributed by atoms with Crippen molar-refractivity contribution in [2.75, 3.05) is 37.2 Å². The van der Waals surface area contributed by atoms with Crippen molar-refractivity contribution in [2.24, 2.45) is 0 Å². The molecule has 1 aliphatic heterocycles. The second-order valence-electron chi connectivity index (χ2n) is 8.21. The van der Waals surface area contributed by atoms with E-state index < -0.39 is 22.0 Å². The zero-order valence-electron chi connectivity index (χ0n) is 21.0. The summed E-state index contributed by atoms with van der Waals surface area (Å²) in [5, 5.41) is 0. The number of aryl methyl sites for hydroxylation is 1. The smallest absolute Gasteiger partial charge is 0.355 e. The quantitative estimate of drug-likeness (QED) is 0.425. The molecule has 198 valence electrons. The van der Waals surface area contributed by atoms with Gasteiger partial charge in [-0.05, 0) is 61.0 Å². The van der Waals surface area contributed by atoms with Crippen LogP contribution in [0, 0.1) is 6.92 Å². The van der Waals surface area contributed by atoms with Gasteiger partial charge < -0.3 is 23.8 Å². The van der Waals surface area contributed by atoms with Gasteiger partial charge in [-0.3, -0.25) is 4.72 Å². The summed E-state index contributed by atoms with van der Waals surface area (Å²) in [5.41, 5.74) is 0.995. The van der Waals surface area contributed by atoms with Crippen LogP contribution >= 0.6 is 0 Å². The van der Waals surface area contributed by atoms with Gasteiger partial charge in [-0.2, -0.15) is 0 Å². The standard InChI is InChI=1S/C27H26N2O8S/c1-18-9-12-20(29-17-36-16-23(26(30)34-2)25(29)27(31)35-3)15-24(18)38(32,33)28-19-10-13-22(14-11-19)37-21-7-5-4-6-8-21/h4-15,28H,16-17H2,1-3H3. The molecule has 0 aliphatic carbocycles. The predicted molar refractivity (Wildman–Crippen MR) is 139 cm³/mol. The van der Waals surface area contributed by atoms with Gasteiger partial charge in [0.15, 0.2) is 0 Å². The number of ether oxygens (including phenoxy) is 4. The van der Waals surface area contributed by atoms with Gasteiger partial charge in [-0.15, -0.1) is 0 Å². The van der Waals surface area contributed by atoms with E-state index in [1.165, 1.54) is 25.2 Å². The maximum atomic E-state index is 13.4. The molecule has 0 aromatic heterocycles. The highest BCUT2D eigenvalue weighted by Crippen LogP contribution is 2.31. The highest BCUT2D eigenvalue weighted by atomic mass is 32.2. The molecule has 0 bridgehead atoms. The summed E-state index contributed by atoms with van der Waals surface area (Å²) in [5.74, 6) is -0.331. The fourth-order valence-corrected chi connectivity index (χ4v) is 5.14. The van der Waals surface area contributed by atoms with Crippen molar-refractivity contribution in [1.82, 2.24) is 0 Å². The van der Waals surface area contributed by atoms with Crippen molar-refractivity contribution in [3.8, 4) is 11.5 Å². The SMILES string of the molecule is COC(=O)C1=C(C(=O)OC)N(c2ccc(C)c(S(=O)(=O)Nc3ccc(Oc4ccccc4)cc3)c2)COC1. The number of nitrogens with one attached hydrogen (secondary N) is 1. The van der Waals surface area contributed by atoms with Gasteiger partial charge in [-0.25, -0.2) is 18.0 Å². The molecule has 0 atom stereocenters. The average molecular weight is 539 g/mol.